The first-order valence-electron chi connectivity index (χ1n) is 6.44. The van der Waals surface area contributed by atoms with Gasteiger partial charge in [-0.2, -0.15) is 0 Å². The average molecular weight is 357 g/mol. The predicted octanol–water partition coefficient (Wildman–Crippen LogP) is 3.86. The average Bonchev–Trinajstić information content (AvgIpc) is 2.31. The van der Waals surface area contributed by atoms with Crippen LogP contribution in [0.4, 0.5) is 0 Å². The van der Waals surface area contributed by atoms with Gasteiger partial charge in [0.05, 0.1) is 0 Å². The highest BCUT2D eigenvalue weighted by Gasteiger charge is 2.28. The number of piperidine rings is 1. The third-order valence-electron chi connectivity index (χ3n) is 3.83. The van der Waals surface area contributed by atoms with Gasteiger partial charge in [-0.3, -0.25) is 4.79 Å². The predicted molar refractivity (Wildman–Crippen MR) is 82.8 cm³/mol. The fourth-order valence-electron chi connectivity index (χ4n) is 2.31. The van der Waals surface area contributed by atoms with Crippen LogP contribution >= 0.6 is 22.6 Å². The van der Waals surface area contributed by atoms with E-state index in [0.717, 1.165) is 40.6 Å². The van der Waals surface area contributed by atoms with Gasteiger partial charge in [0.1, 0.15) is 0 Å². The van der Waals surface area contributed by atoms with E-state index in [1.165, 1.54) is 0 Å². The largest absolute Gasteiger partial charge is 0.339 e. The molecular weight excluding hydrogens is 337 g/mol. The number of amides is 1. The third-order valence-corrected chi connectivity index (χ3v) is 4.51. The molecule has 1 heterocycles. The number of carbonyl (C=O) groups excluding carboxylic acids is 1. The van der Waals surface area contributed by atoms with Crippen LogP contribution in [0.3, 0.4) is 0 Å². The molecule has 98 valence electrons. The van der Waals surface area contributed by atoms with E-state index in [-0.39, 0.29) is 5.91 Å². The minimum absolute atomic E-state index is 0.196. The van der Waals surface area contributed by atoms with Crippen molar-refractivity contribution in [2.24, 2.45) is 5.41 Å². The molecule has 1 aromatic rings. The normalized spacial score (nSPS) is 18.8. The molecule has 0 atom stereocenters. The second kappa shape index (κ2) is 5.19. The topological polar surface area (TPSA) is 20.3 Å². The van der Waals surface area contributed by atoms with Crippen LogP contribution in [0.5, 0.6) is 0 Å². The summed E-state index contributed by atoms with van der Waals surface area (Å²) in [6.45, 7) is 8.35. The van der Waals surface area contributed by atoms with Gasteiger partial charge in [0.2, 0.25) is 0 Å². The van der Waals surface area contributed by atoms with Gasteiger partial charge in [0, 0.05) is 22.2 Å². The summed E-state index contributed by atoms with van der Waals surface area (Å²) in [6.07, 6.45) is 2.20. The molecule has 0 unspecified atom stereocenters. The Bertz CT molecular complexity index is 458. The van der Waals surface area contributed by atoms with E-state index < -0.39 is 0 Å². The molecule has 0 bridgehead atoms. The Labute approximate surface area is 123 Å². The lowest BCUT2D eigenvalue weighted by Gasteiger charge is -2.37. The Balaban J connectivity index is 2.15. The van der Waals surface area contributed by atoms with Crippen molar-refractivity contribution >= 4 is 28.5 Å². The van der Waals surface area contributed by atoms with Gasteiger partial charge in [-0.1, -0.05) is 19.9 Å². The summed E-state index contributed by atoms with van der Waals surface area (Å²) in [5.41, 5.74) is 2.32. The summed E-state index contributed by atoms with van der Waals surface area (Å²) in [4.78, 5) is 14.5. The van der Waals surface area contributed by atoms with Crippen molar-refractivity contribution in [3.63, 3.8) is 0 Å². The summed E-state index contributed by atoms with van der Waals surface area (Å²) in [6, 6.07) is 6.08. The molecule has 1 fully saturated rings. The van der Waals surface area contributed by atoms with Crippen molar-refractivity contribution in [2.45, 2.75) is 33.6 Å². The number of rotatable bonds is 1. The van der Waals surface area contributed by atoms with Gasteiger partial charge in [-0.15, -0.1) is 0 Å². The van der Waals surface area contributed by atoms with Crippen LogP contribution in [-0.4, -0.2) is 23.9 Å². The molecule has 0 saturated carbocycles. The second-order valence-corrected chi connectivity index (χ2v) is 7.16. The summed E-state index contributed by atoms with van der Waals surface area (Å²) >= 11 is 2.26. The van der Waals surface area contributed by atoms with Crippen LogP contribution in [0.15, 0.2) is 18.2 Å². The lowest BCUT2D eigenvalue weighted by Crippen LogP contribution is -2.41. The monoisotopic (exact) mass is 357 g/mol. The van der Waals surface area contributed by atoms with Crippen LogP contribution in [0.2, 0.25) is 0 Å². The maximum Gasteiger partial charge on any atom is 0.254 e. The van der Waals surface area contributed by atoms with Gasteiger partial charge >= 0.3 is 0 Å². The van der Waals surface area contributed by atoms with Gasteiger partial charge < -0.3 is 4.90 Å². The van der Waals surface area contributed by atoms with Crippen molar-refractivity contribution < 1.29 is 4.79 Å². The SMILES string of the molecule is Cc1ccc(I)cc1C(=O)N1CCC(C)(C)CC1. The lowest BCUT2D eigenvalue weighted by molar-refractivity contribution is 0.0629. The molecule has 18 heavy (non-hydrogen) atoms. The zero-order valence-electron chi connectivity index (χ0n) is 11.3. The van der Waals surface area contributed by atoms with E-state index in [4.69, 9.17) is 0 Å². The first-order chi connectivity index (χ1) is 8.39. The maximum absolute atomic E-state index is 12.5. The Morgan fingerprint density at radius 2 is 1.89 bits per heavy atom. The van der Waals surface area contributed by atoms with E-state index in [2.05, 4.69) is 36.4 Å². The molecule has 0 aromatic heterocycles. The number of likely N-dealkylation sites (tertiary alicyclic amines) is 1. The molecule has 2 rings (SSSR count). The van der Waals surface area contributed by atoms with Crippen molar-refractivity contribution in [1.29, 1.82) is 0 Å². The van der Waals surface area contributed by atoms with E-state index in [1.807, 2.05) is 30.0 Å². The molecule has 3 heteroatoms. The van der Waals surface area contributed by atoms with E-state index >= 15 is 0 Å². The number of halogens is 1. The summed E-state index contributed by atoms with van der Waals surface area (Å²) in [5.74, 6) is 0.196. The van der Waals surface area contributed by atoms with Crippen molar-refractivity contribution in [3.05, 3.63) is 32.9 Å². The molecule has 1 aromatic carbocycles. The minimum Gasteiger partial charge on any atom is -0.339 e. The fourth-order valence-corrected chi connectivity index (χ4v) is 2.80. The molecular formula is C15H20INO. The number of nitrogens with zero attached hydrogens (tertiary/aromatic N) is 1. The molecule has 0 radical (unpaired) electrons. The van der Waals surface area contributed by atoms with Crippen LogP contribution in [0.25, 0.3) is 0 Å². The van der Waals surface area contributed by atoms with Crippen molar-refractivity contribution in [3.8, 4) is 0 Å². The third kappa shape index (κ3) is 3.05. The van der Waals surface area contributed by atoms with E-state index in [0.29, 0.717) is 5.41 Å². The van der Waals surface area contributed by atoms with Crippen LogP contribution in [-0.2, 0) is 0 Å². The number of hydrogen-bond donors (Lipinski definition) is 0. The minimum atomic E-state index is 0.196. The van der Waals surface area contributed by atoms with Crippen LogP contribution in [0.1, 0.15) is 42.6 Å². The van der Waals surface area contributed by atoms with Gasteiger partial charge in [-0.25, -0.2) is 0 Å². The number of aryl methyl sites for hydroxylation is 1. The molecule has 1 aliphatic rings. The van der Waals surface area contributed by atoms with Crippen LogP contribution < -0.4 is 0 Å². The van der Waals surface area contributed by atoms with E-state index in [9.17, 15) is 4.79 Å². The van der Waals surface area contributed by atoms with Gasteiger partial charge in [0.15, 0.2) is 0 Å². The Kier molecular flexibility index (Phi) is 3.99. The number of carbonyl (C=O) groups is 1. The molecule has 0 aliphatic carbocycles. The Hall–Kier alpha value is -0.580. The van der Waals surface area contributed by atoms with E-state index in [1.54, 1.807) is 0 Å². The summed E-state index contributed by atoms with van der Waals surface area (Å²) in [7, 11) is 0. The molecule has 0 N–H and O–H groups in total. The summed E-state index contributed by atoms with van der Waals surface area (Å²) in [5, 5.41) is 0. The number of hydrogen-bond acceptors (Lipinski definition) is 1. The fraction of sp³-hybridized carbons (Fsp3) is 0.533. The zero-order valence-corrected chi connectivity index (χ0v) is 13.5. The molecule has 0 spiro atoms. The quantitative estimate of drug-likeness (QED) is 0.699. The van der Waals surface area contributed by atoms with Crippen LogP contribution in [0, 0.1) is 15.9 Å². The number of benzene rings is 1. The standard InChI is InChI=1S/C15H20INO/c1-11-4-5-12(16)10-13(11)14(18)17-8-6-15(2,3)7-9-17/h4-5,10H,6-9H2,1-3H3. The molecule has 2 nitrogen and oxygen atoms in total. The zero-order chi connectivity index (χ0) is 13.3. The second-order valence-electron chi connectivity index (χ2n) is 5.92. The highest BCUT2D eigenvalue weighted by atomic mass is 127. The summed E-state index contributed by atoms with van der Waals surface area (Å²) < 4.78 is 1.12. The lowest BCUT2D eigenvalue weighted by atomic mass is 9.82. The highest BCUT2D eigenvalue weighted by Crippen LogP contribution is 2.30. The van der Waals surface area contributed by atoms with Gasteiger partial charge in [-0.05, 0) is 65.5 Å². The first-order valence-corrected chi connectivity index (χ1v) is 7.52. The molecule has 1 saturated heterocycles. The van der Waals surface area contributed by atoms with Gasteiger partial charge in [0.25, 0.3) is 5.91 Å². The first kappa shape index (κ1) is 13.8. The highest BCUT2D eigenvalue weighted by molar-refractivity contribution is 14.1. The molecule has 1 amide bonds. The van der Waals surface area contributed by atoms with Crippen molar-refractivity contribution in [1.82, 2.24) is 4.90 Å². The molecule has 1 aliphatic heterocycles. The smallest absolute Gasteiger partial charge is 0.254 e. The Morgan fingerprint density at radius 3 is 2.50 bits per heavy atom. The Morgan fingerprint density at radius 1 is 1.28 bits per heavy atom. The van der Waals surface area contributed by atoms with Crippen molar-refractivity contribution in [2.75, 3.05) is 13.1 Å². The maximum atomic E-state index is 12.5.